The second-order valence-electron chi connectivity index (χ2n) is 2.14. The van der Waals surface area contributed by atoms with E-state index in [1.54, 1.807) is 6.07 Å². The summed E-state index contributed by atoms with van der Waals surface area (Å²) < 4.78 is 0.840. The van der Waals surface area contributed by atoms with E-state index in [0.29, 0.717) is 0 Å². The molecule has 0 aromatic carbocycles. The number of hydrogen-bond acceptors (Lipinski definition) is 2. The van der Waals surface area contributed by atoms with Crippen LogP contribution in [-0.4, -0.2) is 16.1 Å². The summed E-state index contributed by atoms with van der Waals surface area (Å²) in [6, 6.07) is 1.61. The molecule has 1 aromatic heterocycles. The number of carboxylic acids is 1. The van der Waals surface area contributed by atoms with E-state index in [1.165, 1.54) is 6.20 Å². The first-order valence-corrected chi connectivity index (χ1v) is 4.04. The van der Waals surface area contributed by atoms with Gasteiger partial charge in [-0.25, -0.2) is 9.78 Å². The summed E-state index contributed by atoms with van der Waals surface area (Å²) in [5.41, 5.74) is 1.13. The molecular weight excluding hydrogens is 257 g/mol. The van der Waals surface area contributed by atoms with Gasteiger partial charge in [0.05, 0.1) is 5.56 Å². The third-order valence-corrected chi connectivity index (χ3v) is 2.39. The maximum atomic E-state index is 10.4. The highest BCUT2D eigenvalue weighted by Gasteiger charge is 2.04. The van der Waals surface area contributed by atoms with Crippen LogP contribution in [0.3, 0.4) is 0 Å². The molecule has 0 aliphatic rings. The molecule has 0 aliphatic heterocycles. The topological polar surface area (TPSA) is 50.2 Å². The summed E-state index contributed by atoms with van der Waals surface area (Å²) >= 11 is 2.06. The van der Waals surface area contributed by atoms with Crippen molar-refractivity contribution in [3.63, 3.8) is 0 Å². The molecule has 0 aliphatic carbocycles. The number of aromatic carboxylic acids is 1. The van der Waals surface area contributed by atoms with Gasteiger partial charge in [-0.15, -0.1) is 0 Å². The van der Waals surface area contributed by atoms with E-state index in [9.17, 15) is 4.79 Å². The quantitative estimate of drug-likeness (QED) is 0.619. The summed E-state index contributed by atoms with van der Waals surface area (Å²) in [4.78, 5) is 14.3. The highest BCUT2D eigenvalue weighted by atomic mass is 127. The number of nitrogens with zero attached hydrogens (tertiary/aromatic N) is 1. The van der Waals surface area contributed by atoms with Crippen LogP contribution in [0.15, 0.2) is 12.3 Å². The zero-order valence-corrected chi connectivity index (χ0v) is 7.99. The Morgan fingerprint density at radius 1 is 1.73 bits per heavy atom. The van der Waals surface area contributed by atoms with Crippen LogP contribution in [0.1, 0.15) is 15.9 Å². The number of halogens is 1. The van der Waals surface area contributed by atoms with Crippen LogP contribution >= 0.6 is 22.6 Å². The van der Waals surface area contributed by atoms with Gasteiger partial charge in [-0.3, -0.25) is 0 Å². The molecule has 0 atom stereocenters. The molecule has 0 unspecified atom stereocenters. The predicted octanol–water partition coefficient (Wildman–Crippen LogP) is 1.69. The van der Waals surface area contributed by atoms with Crippen molar-refractivity contribution < 1.29 is 9.90 Å². The molecule has 3 nitrogen and oxygen atoms in total. The van der Waals surface area contributed by atoms with Gasteiger partial charge in [0, 0.05) is 6.20 Å². The largest absolute Gasteiger partial charge is 0.478 e. The lowest BCUT2D eigenvalue weighted by Gasteiger charge is -1.97. The SMILES string of the molecule is Cc1cc(C(=O)O)cnc1I. The summed E-state index contributed by atoms with van der Waals surface area (Å²) in [6.07, 6.45) is 1.36. The fourth-order valence-electron chi connectivity index (χ4n) is 0.675. The molecule has 0 bridgehead atoms. The fraction of sp³-hybridized carbons (Fsp3) is 0.143. The number of aromatic nitrogens is 1. The Hall–Kier alpha value is -0.650. The molecule has 58 valence electrons. The Morgan fingerprint density at radius 3 is 2.82 bits per heavy atom. The van der Waals surface area contributed by atoms with Crippen molar-refractivity contribution in [2.45, 2.75) is 6.92 Å². The minimum atomic E-state index is -0.933. The first-order valence-electron chi connectivity index (χ1n) is 2.96. The second-order valence-corrected chi connectivity index (χ2v) is 3.16. The monoisotopic (exact) mass is 263 g/mol. The molecule has 0 radical (unpaired) electrons. The van der Waals surface area contributed by atoms with Gasteiger partial charge in [0.1, 0.15) is 3.70 Å². The molecule has 0 spiro atoms. The maximum absolute atomic E-state index is 10.4. The van der Waals surface area contributed by atoms with E-state index < -0.39 is 5.97 Å². The van der Waals surface area contributed by atoms with Gasteiger partial charge in [0.2, 0.25) is 0 Å². The van der Waals surface area contributed by atoms with Crippen molar-refractivity contribution in [2.24, 2.45) is 0 Å². The molecule has 11 heavy (non-hydrogen) atoms. The van der Waals surface area contributed by atoms with Crippen LogP contribution in [0.25, 0.3) is 0 Å². The molecule has 1 aromatic rings. The summed E-state index contributed by atoms with van der Waals surface area (Å²) in [5, 5.41) is 8.56. The Labute approximate surface area is 77.6 Å². The van der Waals surface area contributed by atoms with Crippen LogP contribution in [0.5, 0.6) is 0 Å². The number of hydrogen-bond donors (Lipinski definition) is 1. The molecule has 1 heterocycles. The molecule has 1 N–H and O–H groups in total. The lowest BCUT2D eigenvalue weighted by atomic mass is 10.2. The average Bonchev–Trinajstić information content (AvgIpc) is 1.94. The van der Waals surface area contributed by atoms with Gasteiger partial charge in [0.15, 0.2) is 0 Å². The Balaban J connectivity index is 3.15. The van der Waals surface area contributed by atoms with E-state index in [4.69, 9.17) is 5.11 Å². The highest BCUT2D eigenvalue weighted by molar-refractivity contribution is 14.1. The van der Waals surface area contributed by atoms with Crippen LogP contribution < -0.4 is 0 Å². The molecule has 0 amide bonds. The number of carboxylic acid groups (broad SMARTS) is 1. The van der Waals surface area contributed by atoms with Crippen molar-refractivity contribution in [3.8, 4) is 0 Å². The fourth-order valence-corrected chi connectivity index (χ4v) is 0.970. The van der Waals surface area contributed by atoms with Crippen molar-refractivity contribution in [3.05, 3.63) is 27.1 Å². The molecule has 1 rings (SSSR count). The van der Waals surface area contributed by atoms with Crippen LogP contribution in [0.4, 0.5) is 0 Å². The van der Waals surface area contributed by atoms with Crippen LogP contribution in [-0.2, 0) is 0 Å². The van der Waals surface area contributed by atoms with Crippen LogP contribution in [0, 0.1) is 10.6 Å². The summed E-state index contributed by atoms with van der Waals surface area (Å²) in [5.74, 6) is -0.933. The van der Waals surface area contributed by atoms with Gasteiger partial charge in [-0.1, -0.05) is 0 Å². The Kier molecular flexibility index (Phi) is 2.43. The Morgan fingerprint density at radius 2 is 2.36 bits per heavy atom. The highest BCUT2D eigenvalue weighted by Crippen LogP contribution is 2.09. The normalized spacial score (nSPS) is 9.64. The van der Waals surface area contributed by atoms with E-state index in [2.05, 4.69) is 27.6 Å². The van der Waals surface area contributed by atoms with Crippen molar-refractivity contribution in [1.29, 1.82) is 0 Å². The number of aryl methyl sites for hydroxylation is 1. The minimum Gasteiger partial charge on any atom is -0.478 e. The van der Waals surface area contributed by atoms with E-state index in [0.717, 1.165) is 9.26 Å². The first-order chi connectivity index (χ1) is 5.11. The van der Waals surface area contributed by atoms with Gasteiger partial charge >= 0.3 is 5.97 Å². The molecule has 0 saturated carbocycles. The van der Waals surface area contributed by atoms with Crippen molar-refractivity contribution >= 4 is 28.6 Å². The molecule has 0 saturated heterocycles. The lowest BCUT2D eigenvalue weighted by Crippen LogP contribution is -1.99. The first kappa shape index (κ1) is 8.45. The van der Waals surface area contributed by atoms with Gasteiger partial charge in [0.25, 0.3) is 0 Å². The molecule has 4 heteroatoms. The van der Waals surface area contributed by atoms with Gasteiger partial charge < -0.3 is 5.11 Å². The van der Waals surface area contributed by atoms with E-state index in [-0.39, 0.29) is 5.56 Å². The zero-order valence-electron chi connectivity index (χ0n) is 5.84. The number of rotatable bonds is 1. The summed E-state index contributed by atoms with van der Waals surface area (Å²) in [7, 11) is 0. The van der Waals surface area contributed by atoms with Gasteiger partial charge in [-0.05, 0) is 41.1 Å². The van der Waals surface area contributed by atoms with Gasteiger partial charge in [-0.2, -0.15) is 0 Å². The Bertz CT molecular complexity index is 298. The number of pyridine rings is 1. The lowest BCUT2D eigenvalue weighted by molar-refractivity contribution is 0.0696. The average molecular weight is 263 g/mol. The maximum Gasteiger partial charge on any atom is 0.337 e. The smallest absolute Gasteiger partial charge is 0.337 e. The van der Waals surface area contributed by atoms with E-state index in [1.807, 2.05) is 6.92 Å². The second kappa shape index (κ2) is 3.17. The minimum absolute atomic E-state index is 0.239. The van der Waals surface area contributed by atoms with Crippen LogP contribution in [0.2, 0.25) is 0 Å². The van der Waals surface area contributed by atoms with Crippen molar-refractivity contribution in [2.75, 3.05) is 0 Å². The van der Waals surface area contributed by atoms with E-state index >= 15 is 0 Å². The third kappa shape index (κ3) is 1.89. The summed E-state index contributed by atoms with van der Waals surface area (Å²) in [6.45, 7) is 1.83. The van der Waals surface area contributed by atoms with Crippen molar-refractivity contribution in [1.82, 2.24) is 4.98 Å². The number of carbonyl (C=O) groups is 1. The molecule has 0 fully saturated rings. The standard InChI is InChI=1S/C7H6INO2/c1-4-2-5(7(10)11)3-9-6(4)8/h2-3H,1H3,(H,10,11). The predicted molar refractivity (Wildman–Crippen MR) is 48.7 cm³/mol. The third-order valence-electron chi connectivity index (χ3n) is 1.26. The molecular formula is C7H6INO2. The zero-order chi connectivity index (χ0) is 8.43.